The molecule has 0 saturated carbocycles. The van der Waals surface area contributed by atoms with E-state index in [4.69, 9.17) is 23.2 Å². The second-order valence-electron chi connectivity index (χ2n) is 7.65. The van der Waals surface area contributed by atoms with Crippen LogP contribution >= 0.6 is 23.2 Å². The summed E-state index contributed by atoms with van der Waals surface area (Å²) in [6, 6.07) is 7.60. The molecule has 1 fully saturated rings. The number of nitrogens with zero attached hydrogens (tertiary/aromatic N) is 4. The Morgan fingerprint density at radius 2 is 1.88 bits per heavy atom. The molecule has 11 heteroatoms. The molecule has 3 heterocycles. The van der Waals surface area contributed by atoms with Gasteiger partial charge < -0.3 is 10.2 Å². The summed E-state index contributed by atoms with van der Waals surface area (Å²) in [7, 11) is 0. The van der Waals surface area contributed by atoms with Gasteiger partial charge in [-0.25, -0.2) is 9.97 Å². The molecule has 172 valence electrons. The monoisotopic (exact) mass is 495 g/mol. The van der Waals surface area contributed by atoms with Crippen LogP contribution in [-0.4, -0.2) is 45.4 Å². The van der Waals surface area contributed by atoms with Gasteiger partial charge in [0.1, 0.15) is 11.5 Å². The highest BCUT2D eigenvalue weighted by Crippen LogP contribution is 2.36. The molecule has 3 aromatic rings. The van der Waals surface area contributed by atoms with E-state index in [1.54, 1.807) is 17.0 Å². The molecular formula is C22H18Cl2F3N5O. The average molecular weight is 496 g/mol. The number of alkyl halides is 3. The lowest BCUT2D eigenvalue weighted by atomic mass is 9.89. The Balaban J connectivity index is 1.53. The first kappa shape index (κ1) is 23.3. The molecule has 1 N–H and O–H groups in total. The Hall–Kier alpha value is -2.91. The van der Waals surface area contributed by atoms with E-state index < -0.39 is 11.7 Å². The van der Waals surface area contributed by atoms with Crippen molar-refractivity contribution in [3.8, 4) is 0 Å². The molecule has 2 aromatic heterocycles. The Labute approximate surface area is 197 Å². The third-order valence-corrected chi connectivity index (χ3v) is 6.26. The molecule has 1 saturated heterocycles. The molecule has 0 bridgehead atoms. The minimum Gasteiger partial charge on any atom is -0.370 e. The first-order valence-corrected chi connectivity index (χ1v) is 10.8. The van der Waals surface area contributed by atoms with E-state index in [2.05, 4.69) is 20.3 Å². The van der Waals surface area contributed by atoms with E-state index in [1.165, 1.54) is 24.7 Å². The lowest BCUT2D eigenvalue weighted by Crippen LogP contribution is -2.30. The van der Waals surface area contributed by atoms with Crippen LogP contribution in [0.3, 0.4) is 0 Å². The average Bonchev–Trinajstić information content (AvgIpc) is 3.23. The van der Waals surface area contributed by atoms with Crippen molar-refractivity contribution < 1.29 is 18.0 Å². The molecule has 0 aliphatic carbocycles. The number of nitrogens with one attached hydrogen (secondary N) is 1. The molecule has 0 radical (unpaired) electrons. The van der Waals surface area contributed by atoms with Gasteiger partial charge in [-0.05, 0) is 29.8 Å². The zero-order chi connectivity index (χ0) is 23.6. The second kappa shape index (κ2) is 9.52. The van der Waals surface area contributed by atoms with Crippen LogP contribution in [0.2, 0.25) is 10.0 Å². The number of hydrogen-bond acceptors (Lipinski definition) is 5. The van der Waals surface area contributed by atoms with E-state index in [0.717, 1.165) is 17.8 Å². The molecule has 2 atom stereocenters. The Morgan fingerprint density at radius 1 is 1.06 bits per heavy atom. The highest BCUT2D eigenvalue weighted by atomic mass is 35.5. The number of benzene rings is 1. The molecule has 1 aliphatic rings. The van der Waals surface area contributed by atoms with Gasteiger partial charge in [0.15, 0.2) is 0 Å². The summed E-state index contributed by atoms with van der Waals surface area (Å²) in [4.78, 5) is 26.5. The van der Waals surface area contributed by atoms with Crippen LogP contribution < -0.4 is 5.32 Å². The lowest BCUT2D eigenvalue weighted by molar-refractivity contribution is -0.137. The van der Waals surface area contributed by atoms with Crippen LogP contribution in [0.1, 0.15) is 27.5 Å². The molecule has 33 heavy (non-hydrogen) atoms. The minimum absolute atomic E-state index is 0.0630. The number of anilines is 1. The maximum absolute atomic E-state index is 12.9. The Morgan fingerprint density at radius 3 is 2.52 bits per heavy atom. The zero-order valence-electron chi connectivity index (χ0n) is 17.1. The van der Waals surface area contributed by atoms with Crippen molar-refractivity contribution >= 4 is 34.9 Å². The van der Waals surface area contributed by atoms with Gasteiger partial charge >= 0.3 is 6.18 Å². The van der Waals surface area contributed by atoms with Crippen molar-refractivity contribution in [3.05, 3.63) is 82.0 Å². The van der Waals surface area contributed by atoms with Gasteiger partial charge in [0.25, 0.3) is 5.91 Å². The minimum atomic E-state index is -4.45. The standard InChI is InChI=1S/C22H18Cl2F3N5O/c23-17-3-1-13(7-18(17)24)16-12-32(21(33)19-10-28-5-6-29-19)11-14(16)8-30-20-4-2-15(9-31-20)22(25,26)27/h1-7,9-10,14,16H,8,11-12H2,(H,30,31). The van der Waals surface area contributed by atoms with Crippen LogP contribution in [0, 0.1) is 5.92 Å². The largest absolute Gasteiger partial charge is 0.417 e. The molecule has 2 unspecified atom stereocenters. The number of likely N-dealkylation sites (tertiary alicyclic amines) is 1. The normalized spacial score (nSPS) is 18.4. The number of carbonyl (C=O) groups is 1. The third kappa shape index (κ3) is 5.36. The maximum atomic E-state index is 12.9. The SMILES string of the molecule is O=C(c1cnccn1)N1CC(CNc2ccc(C(F)(F)F)cn2)C(c2ccc(Cl)c(Cl)c2)C1. The van der Waals surface area contributed by atoms with Gasteiger partial charge in [-0.15, -0.1) is 0 Å². The Kier molecular flexibility index (Phi) is 6.71. The fraction of sp³-hybridized carbons (Fsp3) is 0.273. The summed E-state index contributed by atoms with van der Waals surface area (Å²) in [5, 5.41) is 3.92. The van der Waals surface area contributed by atoms with Crippen molar-refractivity contribution in [2.75, 3.05) is 25.0 Å². The molecule has 4 rings (SSSR count). The predicted octanol–water partition coefficient (Wildman–Crippen LogP) is 5.17. The summed E-state index contributed by atoms with van der Waals surface area (Å²) < 4.78 is 38.3. The first-order valence-electron chi connectivity index (χ1n) is 9.99. The van der Waals surface area contributed by atoms with Crippen LogP contribution in [0.5, 0.6) is 0 Å². The van der Waals surface area contributed by atoms with E-state index in [-0.39, 0.29) is 23.4 Å². The first-order chi connectivity index (χ1) is 15.7. The molecular weight excluding hydrogens is 478 g/mol. The van der Waals surface area contributed by atoms with Crippen molar-refractivity contribution in [1.82, 2.24) is 19.9 Å². The highest BCUT2D eigenvalue weighted by molar-refractivity contribution is 6.42. The van der Waals surface area contributed by atoms with Crippen LogP contribution in [0.4, 0.5) is 19.0 Å². The molecule has 6 nitrogen and oxygen atoms in total. The molecule has 1 aromatic carbocycles. The van der Waals surface area contributed by atoms with Crippen molar-refractivity contribution in [2.45, 2.75) is 12.1 Å². The van der Waals surface area contributed by atoms with E-state index in [9.17, 15) is 18.0 Å². The van der Waals surface area contributed by atoms with Gasteiger partial charge in [-0.3, -0.25) is 9.78 Å². The fourth-order valence-electron chi connectivity index (χ4n) is 3.84. The predicted molar refractivity (Wildman–Crippen MR) is 118 cm³/mol. The topological polar surface area (TPSA) is 71.0 Å². The summed E-state index contributed by atoms with van der Waals surface area (Å²) in [5.74, 6) is -0.0767. The smallest absolute Gasteiger partial charge is 0.370 e. The fourth-order valence-corrected chi connectivity index (χ4v) is 4.14. The Bertz CT molecular complexity index is 1130. The quantitative estimate of drug-likeness (QED) is 0.528. The lowest BCUT2D eigenvalue weighted by Gasteiger charge is -2.20. The second-order valence-corrected chi connectivity index (χ2v) is 8.47. The molecule has 1 aliphatic heterocycles. The summed E-state index contributed by atoms with van der Waals surface area (Å²) in [5.41, 5.74) is 0.331. The molecule has 0 spiro atoms. The number of aromatic nitrogens is 3. The number of pyridine rings is 1. The van der Waals surface area contributed by atoms with Crippen molar-refractivity contribution in [3.63, 3.8) is 0 Å². The molecule has 1 amide bonds. The summed E-state index contributed by atoms with van der Waals surface area (Å²) >= 11 is 12.3. The van der Waals surface area contributed by atoms with E-state index in [1.807, 2.05) is 6.07 Å². The summed E-state index contributed by atoms with van der Waals surface area (Å²) in [6.45, 7) is 1.21. The van der Waals surface area contributed by atoms with Gasteiger partial charge in [-0.2, -0.15) is 13.2 Å². The van der Waals surface area contributed by atoms with Crippen LogP contribution in [0.25, 0.3) is 0 Å². The maximum Gasteiger partial charge on any atom is 0.417 e. The van der Waals surface area contributed by atoms with Gasteiger partial charge in [0.2, 0.25) is 0 Å². The number of halogens is 5. The third-order valence-electron chi connectivity index (χ3n) is 5.52. The van der Waals surface area contributed by atoms with Gasteiger partial charge in [0, 0.05) is 50.1 Å². The van der Waals surface area contributed by atoms with E-state index in [0.29, 0.717) is 35.5 Å². The van der Waals surface area contributed by atoms with Crippen LogP contribution in [-0.2, 0) is 6.18 Å². The van der Waals surface area contributed by atoms with Gasteiger partial charge in [-0.1, -0.05) is 29.3 Å². The number of amides is 1. The highest BCUT2D eigenvalue weighted by Gasteiger charge is 2.37. The van der Waals surface area contributed by atoms with Crippen molar-refractivity contribution in [1.29, 1.82) is 0 Å². The van der Waals surface area contributed by atoms with Crippen LogP contribution in [0.15, 0.2) is 55.1 Å². The van der Waals surface area contributed by atoms with Crippen molar-refractivity contribution in [2.24, 2.45) is 5.92 Å². The zero-order valence-corrected chi connectivity index (χ0v) is 18.6. The summed E-state index contributed by atoms with van der Waals surface area (Å²) in [6.07, 6.45) is 0.695. The van der Waals surface area contributed by atoms with Gasteiger partial charge in [0.05, 0.1) is 21.8 Å². The number of rotatable bonds is 5. The number of hydrogen-bond donors (Lipinski definition) is 1. The number of carbonyl (C=O) groups excluding carboxylic acids is 1. The van der Waals surface area contributed by atoms with E-state index >= 15 is 0 Å².